The predicted octanol–water partition coefficient (Wildman–Crippen LogP) is 2.89. The van der Waals surface area contributed by atoms with Crippen molar-refractivity contribution in [3.05, 3.63) is 11.6 Å². The predicted molar refractivity (Wildman–Crippen MR) is 54.4 cm³/mol. The highest BCUT2D eigenvalue weighted by molar-refractivity contribution is 5.21. The van der Waals surface area contributed by atoms with Gasteiger partial charge in [-0.1, -0.05) is 25.5 Å². The quantitative estimate of drug-likeness (QED) is 0.568. The number of allylic oxidation sites excluding steroid dienone is 1. The summed E-state index contributed by atoms with van der Waals surface area (Å²) in [5.41, 5.74) is 1.95. The molecule has 0 aromatic carbocycles. The Labute approximate surface area is 80.8 Å². The molecule has 0 spiro atoms. The average Bonchev–Trinajstić information content (AvgIpc) is 2.09. The fourth-order valence-corrected chi connectivity index (χ4v) is 2.92. The molecule has 2 aliphatic rings. The molecular weight excluding hydrogens is 160 g/mol. The van der Waals surface area contributed by atoms with Crippen LogP contribution in [0.25, 0.3) is 0 Å². The molecule has 0 amide bonds. The van der Waals surface area contributed by atoms with Crippen LogP contribution in [0.2, 0.25) is 0 Å². The van der Waals surface area contributed by atoms with E-state index in [0.29, 0.717) is 5.41 Å². The second-order valence-corrected chi connectivity index (χ2v) is 5.02. The minimum atomic E-state index is -0.0652. The van der Waals surface area contributed by atoms with Gasteiger partial charge in [0.2, 0.25) is 0 Å². The van der Waals surface area contributed by atoms with Crippen molar-refractivity contribution in [2.24, 2.45) is 11.3 Å². The SMILES string of the molecule is C[C@@H]1CCC=C2C[C@H](O)CC[C@]21C. The number of aliphatic hydroxyl groups excluding tert-OH is 1. The lowest BCUT2D eigenvalue weighted by atomic mass is 9.60. The van der Waals surface area contributed by atoms with Gasteiger partial charge in [-0.2, -0.15) is 0 Å². The Balaban J connectivity index is 2.25. The summed E-state index contributed by atoms with van der Waals surface area (Å²) in [6.07, 6.45) is 7.97. The summed E-state index contributed by atoms with van der Waals surface area (Å²) in [5, 5.41) is 9.61. The van der Waals surface area contributed by atoms with Crippen LogP contribution in [0.4, 0.5) is 0 Å². The van der Waals surface area contributed by atoms with Crippen molar-refractivity contribution in [1.82, 2.24) is 0 Å². The van der Waals surface area contributed by atoms with Crippen molar-refractivity contribution < 1.29 is 5.11 Å². The molecule has 1 heteroatoms. The topological polar surface area (TPSA) is 20.2 Å². The van der Waals surface area contributed by atoms with Gasteiger partial charge in [-0.05, 0) is 43.4 Å². The first-order valence-electron chi connectivity index (χ1n) is 5.50. The molecule has 0 aromatic rings. The summed E-state index contributed by atoms with van der Waals surface area (Å²) in [7, 11) is 0. The smallest absolute Gasteiger partial charge is 0.0577 e. The van der Waals surface area contributed by atoms with Gasteiger partial charge in [0.05, 0.1) is 6.10 Å². The van der Waals surface area contributed by atoms with Crippen molar-refractivity contribution in [2.45, 2.75) is 52.1 Å². The van der Waals surface area contributed by atoms with Gasteiger partial charge in [-0.3, -0.25) is 0 Å². The van der Waals surface area contributed by atoms with Crippen molar-refractivity contribution in [3.63, 3.8) is 0 Å². The maximum Gasteiger partial charge on any atom is 0.0577 e. The van der Waals surface area contributed by atoms with Crippen molar-refractivity contribution in [1.29, 1.82) is 0 Å². The third kappa shape index (κ3) is 1.43. The zero-order valence-corrected chi connectivity index (χ0v) is 8.71. The highest BCUT2D eigenvalue weighted by atomic mass is 16.3. The molecule has 74 valence electrons. The summed E-state index contributed by atoms with van der Waals surface area (Å²) in [6, 6.07) is 0. The van der Waals surface area contributed by atoms with Gasteiger partial charge < -0.3 is 5.11 Å². The standard InChI is InChI=1S/C12H20O/c1-9-4-3-5-10-8-11(13)6-7-12(9,10)2/h5,9,11,13H,3-4,6-8H2,1-2H3/t9-,11-,12+/m1/s1. The molecule has 1 N–H and O–H groups in total. The molecule has 2 rings (SSSR count). The van der Waals surface area contributed by atoms with Crippen LogP contribution in [0.3, 0.4) is 0 Å². The van der Waals surface area contributed by atoms with Crippen molar-refractivity contribution in [3.8, 4) is 0 Å². The van der Waals surface area contributed by atoms with Gasteiger partial charge in [0.1, 0.15) is 0 Å². The Morgan fingerprint density at radius 2 is 2.23 bits per heavy atom. The Hall–Kier alpha value is -0.300. The van der Waals surface area contributed by atoms with Crippen LogP contribution in [0, 0.1) is 11.3 Å². The average molecular weight is 180 g/mol. The lowest BCUT2D eigenvalue weighted by molar-refractivity contribution is 0.0800. The molecule has 0 unspecified atom stereocenters. The molecule has 1 nitrogen and oxygen atoms in total. The monoisotopic (exact) mass is 180 g/mol. The van der Waals surface area contributed by atoms with Crippen LogP contribution in [0.15, 0.2) is 11.6 Å². The first-order chi connectivity index (χ1) is 6.13. The number of rotatable bonds is 0. The number of aliphatic hydroxyl groups is 1. The molecule has 0 radical (unpaired) electrons. The van der Waals surface area contributed by atoms with Crippen molar-refractivity contribution >= 4 is 0 Å². The van der Waals surface area contributed by atoms with E-state index in [1.54, 1.807) is 0 Å². The summed E-state index contributed by atoms with van der Waals surface area (Å²) >= 11 is 0. The minimum Gasteiger partial charge on any atom is -0.393 e. The third-order valence-electron chi connectivity index (χ3n) is 4.26. The normalized spacial score (nSPS) is 45.3. The Morgan fingerprint density at radius 1 is 1.46 bits per heavy atom. The fraction of sp³-hybridized carbons (Fsp3) is 0.833. The van der Waals surface area contributed by atoms with E-state index >= 15 is 0 Å². The van der Waals surface area contributed by atoms with Gasteiger partial charge in [0, 0.05) is 0 Å². The molecule has 0 heterocycles. The maximum atomic E-state index is 9.61. The molecule has 3 atom stereocenters. The Bertz CT molecular complexity index is 231. The number of hydrogen-bond donors (Lipinski definition) is 1. The molecule has 2 aliphatic carbocycles. The summed E-state index contributed by atoms with van der Waals surface area (Å²) in [4.78, 5) is 0. The van der Waals surface area contributed by atoms with E-state index in [9.17, 15) is 5.11 Å². The molecule has 1 saturated carbocycles. The lowest BCUT2D eigenvalue weighted by Crippen LogP contribution is -2.36. The molecular formula is C12H20O. The van der Waals surface area contributed by atoms with Crippen LogP contribution in [0.1, 0.15) is 46.0 Å². The molecule has 1 fully saturated rings. The highest BCUT2D eigenvalue weighted by Crippen LogP contribution is 2.50. The van der Waals surface area contributed by atoms with Gasteiger partial charge in [-0.15, -0.1) is 0 Å². The second-order valence-electron chi connectivity index (χ2n) is 5.02. The van der Waals surface area contributed by atoms with Gasteiger partial charge >= 0.3 is 0 Å². The van der Waals surface area contributed by atoms with Crippen LogP contribution < -0.4 is 0 Å². The molecule has 0 saturated heterocycles. The Kier molecular flexibility index (Phi) is 2.23. The van der Waals surface area contributed by atoms with Gasteiger partial charge in [-0.25, -0.2) is 0 Å². The summed E-state index contributed by atoms with van der Waals surface area (Å²) in [6.45, 7) is 4.75. The van der Waals surface area contributed by atoms with E-state index in [1.165, 1.54) is 24.8 Å². The van der Waals surface area contributed by atoms with E-state index in [2.05, 4.69) is 19.9 Å². The molecule has 0 bridgehead atoms. The fourth-order valence-electron chi connectivity index (χ4n) is 2.92. The zero-order valence-electron chi connectivity index (χ0n) is 8.71. The number of fused-ring (bicyclic) bond motifs is 1. The summed E-state index contributed by atoms with van der Waals surface area (Å²) in [5.74, 6) is 0.806. The highest BCUT2D eigenvalue weighted by Gasteiger charge is 2.40. The minimum absolute atomic E-state index is 0.0652. The first kappa shape index (κ1) is 9.26. The summed E-state index contributed by atoms with van der Waals surface area (Å²) < 4.78 is 0. The lowest BCUT2D eigenvalue weighted by Gasteiger charge is -2.45. The van der Waals surface area contributed by atoms with E-state index < -0.39 is 0 Å². The largest absolute Gasteiger partial charge is 0.393 e. The van der Waals surface area contributed by atoms with Crippen LogP contribution >= 0.6 is 0 Å². The van der Waals surface area contributed by atoms with Crippen LogP contribution in [0.5, 0.6) is 0 Å². The molecule has 13 heavy (non-hydrogen) atoms. The van der Waals surface area contributed by atoms with Gasteiger partial charge in [0.25, 0.3) is 0 Å². The third-order valence-corrected chi connectivity index (χ3v) is 4.26. The van der Waals surface area contributed by atoms with E-state index in [4.69, 9.17) is 0 Å². The van der Waals surface area contributed by atoms with E-state index in [-0.39, 0.29) is 6.10 Å². The first-order valence-corrected chi connectivity index (χ1v) is 5.50. The van der Waals surface area contributed by atoms with Crippen LogP contribution in [-0.2, 0) is 0 Å². The Morgan fingerprint density at radius 3 is 3.00 bits per heavy atom. The van der Waals surface area contributed by atoms with E-state index in [0.717, 1.165) is 18.8 Å². The van der Waals surface area contributed by atoms with Crippen molar-refractivity contribution in [2.75, 3.05) is 0 Å². The van der Waals surface area contributed by atoms with Crippen LogP contribution in [-0.4, -0.2) is 11.2 Å². The number of hydrogen-bond acceptors (Lipinski definition) is 1. The molecule has 0 aliphatic heterocycles. The second kappa shape index (κ2) is 3.13. The van der Waals surface area contributed by atoms with Gasteiger partial charge in [0.15, 0.2) is 0 Å². The maximum absolute atomic E-state index is 9.61. The zero-order chi connectivity index (χ0) is 9.47. The molecule has 0 aromatic heterocycles. The van der Waals surface area contributed by atoms with E-state index in [1.807, 2.05) is 0 Å².